The lowest BCUT2D eigenvalue weighted by Gasteiger charge is -2.23. The highest BCUT2D eigenvalue weighted by molar-refractivity contribution is 5.89. The van der Waals surface area contributed by atoms with Crippen LogP contribution in [0.15, 0.2) is 48.5 Å². The number of rotatable bonds is 10. The lowest BCUT2D eigenvalue weighted by molar-refractivity contribution is -0.142. The number of fused-ring (bicyclic) bond motifs is 3. The van der Waals surface area contributed by atoms with E-state index in [1.54, 1.807) is 0 Å². The van der Waals surface area contributed by atoms with Crippen molar-refractivity contribution in [3.63, 3.8) is 0 Å². The number of amides is 2. The Bertz CT molecular complexity index is 958. The Morgan fingerprint density at radius 2 is 1.52 bits per heavy atom. The Balaban J connectivity index is 1.66. The van der Waals surface area contributed by atoms with Gasteiger partial charge in [0.25, 0.3) is 0 Å². The lowest BCUT2D eigenvalue weighted by atomic mass is 9.98. The number of carbonyl (C=O) groups is 3. The number of carboxylic acids is 1. The van der Waals surface area contributed by atoms with E-state index in [0.29, 0.717) is 19.3 Å². The molecule has 1 aliphatic rings. The van der Waals surface area contributed by atoms with Crippen LogP contribution in [-0.2, 0) is 14.3 Å². The van der Waals surface area contributed by atoms with Gasteiger partial charge in [-0.2, -0.15) is 0 Å². The number of hydrogen-bond donors (Lipinski definition) is 3. The molecule has 2 aromatic carbocycles. The van der Waals surface area contributed by atoms with Crippen molar-refractivity contribution in [1.82, 2.24) is 10.6 Å². The Morgan fingerprint density at radius 1 is 0.939 bits per heavy atom. The van der Waals surface area contributed by atoms with E-state index in [9.17, 15) is 19.5 Å². The molecule has 33 heavy (non-hydrogen) atoms. The average Bonchev–Trinajstić information content (AvgIpc) is 3.10. The summed E-state index contributed by atoms with van der Waals surface area (Å²) < 4.78 is 5.56. The zero-order chi connectivity index (χ0) is 24.0. The molecular formula is C26H32N2O5. The predicted octanol–water partition coefficient (Wildman–Crippen LogP) is 4.31. The van der Waals surface area contributed by atoms with Crippen LogP contribution >= 0.6 is 0 Å². The molecule has 0 aliphatic heterocycles. The zero-order valence-electron chi connectivity index (χ0n) is 19.3. The molecular weight excluding hydrogens is 420 g/mol. The summed E-state index contributed by atoms with van der Waals surface area (Å²) in [7, 11) is 0. The van der Waals surface area contributed by atoms with E-state index in [0.717, 1.165) is 22.3 Å². The largest absolute Gasteiger partial charge is 0.480 e. The number of alkyl carbamates (subject to hydrolysis) is 1. The van der Waals surface area contributed by atoms with Gasteiger partial charge in [0.15, 0.2) is 0 Å². The predicted molar refractivity (Wildman–Crippen MR) is 126 cm³/mol. The summed E-state index contributed by atoms with van der Waals surface area (Å²) in [5, 5.41) is 14.5. The summed E-state index contributed by atoms with van der Waals surface area (Å²) in [6.07, 6.45) is 0.612. The summed E-state index contributed by atoms with van der Waals surface area (Å²) in [5.74, 6) is -1.57. The van der Waals surface area contributed by atoms with Gasteiger partial charge in [-0.1, -0.05) is 75.7 Å². The van der Waals surface area contributed by atoms with Crippen molar-refractivity contribution in [3.8, 4) is 11.1 Å². The van der Waals surface area contributed by atoms with Crippen LogP contribution in [-0.4, -0.2) is 41.8 Å². The van der Waals surface area contributed by atoms with Crippen LogP contribution in [0.2, 0.25) is 0 Å². The quantitative estimate of drug-likeness (QED) is 0.498. The van der Waals surface area contributed by atoms with Crippen LogP contribution in [0.5, 0.6) is 0 Å². The first-order valence-corrected chi connectivity index (χ1v) is 11.5. The molecule has 0 fully saturated rings. The van der Waals surface area contributed by atoms with Crippen LogP contribution < -0.4 is 10.6 Å². The van der Waals surface area contributed by atoms with Gasteiger partial charge in [-0.15, -0.1) is 0 Å². The second kappa shape index (κ2) is 11.0. The highest BCUT2D eigenvalue weighted by Crippen LogP contribution is 2.44. The monoisotopic (exact) mass is 452 g/mol. The first-order chi connectivity index (χ1) is 15.8. The first kappa shape index (κ1) is 24.3. The summed E-state index contributed by atoms with van der Waals surface area (Å²) in [5.41, 5.74) is 4.48. The molecule has 2 atom stereocenters. The van der Waals surface area contributed by atoms with Crippen molar-refractivity contribution in [2.24, 2.45) is 5.92 Å². The molecule has 7 heteroatoms. The molecule has 0 saturated heterocycles. The fourth-order valence-electron chi connectivity index (χ4n) is 4.30. The van der Waals surface area contributed by atoms with E-state index in [1.807, 2.05) is 57.2 Å². The molecule has 0 aromatic heterocycles. The average molecular weight is 453 g/mol. The minimum absolute atomic E-state index is 0.0820. The van der Waals surface area contributed by atoms with E-state index in [4.69, 9.17) is 4.74 Å². The molecule has 3 N–H and O–H groups in total. The molecule has 7 nitrogen and oxygen atoms in total. The number of carboxylic acid groups (broad SMARTS) is 1. The van der Waals surface area contributed by atoms with E-state index in [1.165, 1.54) is 0 Å². The topological polar surface area (TPSA) is 105 Å². The fraction of sp³-hybridized carbons (Fsp3) is 0.423. The molecule has 2 aromatic rings. The van der Waals surface area contributed by atoms with E-state index >= 15 is 0 Å². The highest BCUT2D eigenvalue weighted by Gasteiger charge is 2.30. The normalized spacial score (nSPS) is 14.2. The smallest absolute Gasteiger partial charge is 0.407 e. The fourth-order valence-corrected chi connectivity index (χ4v) is 4.30. The third kappa shape index (κ3) is 5.92. The maximum Gasteiger partial charge on any atom is 0.407 e. The Labute approximate surface area is 194 Å². The van der Waals surface area contributed by atoms with Gasteiger partial charge in [0, 0.05) is 5.92 Å². The number of carbonyl (C=O) groups excluding carboxylic acids is 2. The standard InChI is InChI=1S/C26H32N2O5/c1-4-9-22(25(30)31)27-24(29)23(14-16(2)3)28-26(32)33-15-21-19-12-7-5-10-17(19)18-11-6-8-13-20(18)21/h5-8,10-13,16,21-23H,4,9,14-15H2,1-3H3,(H,27,29)(H,28,32)(H,30,31). The van der Waals surface area contributed by atoms with Crippen molar-refractivity contribution in [2.45, 2.75) is 58.0 Å². The van der Waals surface area contributed by atoms with Crippen LogP contribution in [0.25, 0.3) is 11.1 Å². The molecule has 0 heterocycles. The maximum atomic E-state index is 12.7. The SMILES string of the molecule is CCCC(NC(=O)C(CC(C)C)NC(=O)OCC1c2ccccc2-c2ccccc21)C(=O)O. The molecule has 0 bridgehead atoms. The Kier molecular flexibility index (Phi) is 8.09. The molecule has 0 radical (unpaired) electrons. The van der Waals surface area contributed by atoms with Crippen LogP contribution in [0.4, 0.5) is 4.79 Å². The molecule has 3 rings (SSSR count). The van der Waals surface area contributed by atoms with Gasteiger partial charge in [-0.05, 0) is 41.0 Å². The molecule has 0 spiro atoms. The Morgan fingerprint density at radius 3 is 2.03 bits per heavy atom. The summed E-state index contributed by atoms with van der Waals surface area (Å²) in [6.45, 7) is 5.85. The lowest BCUT2D eigenvalue weighted by Crippen LogP contribution is -2.52. The van der Waals surface area contributed by atoms with Gasteiger partial charge < -0.3 is 20.5 Å². The number of hydrogen-bond acceptors (Lipinski definition) is 4. The van der Waals surface area contributed by atoms with E-state index in [-0.39, 0.29) is 18.4 Å². The second-order valence-corrected chi connectivity index (χ2v) is 8.84. The van der Waals surface area contributed by atoms with Gasteiger partial charge in [0.1, 0.15) is 18.7 Å². The third-order valence-electron chi connectivity index (χ3n) is 5.85. The Hall–Kier alpha value is -3.35. The number of nitrogens with one attached hydrogen (secondary N) is 2. The number of aliphatic carboxylic acids is 1. The highest BCUT2D eigenvalue weighted by atomic mass is 16.5. The number of benzene rings is 2. The zero-order valence-corrected chi connectivity index (χ0v) is 19.3. The molecule has 176 valence electrons. The van der Waals surface area contributed by atoms with Gasteiger partial charge in [0.05, 0.1) is 0 Å². The molecule has 1 aliphatic carbocycles. The van der Waals surface area contributed by atoms with Gasteiger partial charge in [0.2, 0.25) is 5.91 Å². The van der Waals surface area contributed by atoms with Crippen molar-refractivity contribution >= 4 is 18.0 Å². The van der Waals surface area contributed by atoms with Crippen molar-refractivity contribution < 1.29 is 24.2 Å². The maximum absolute atomic E-state index is 12.7. The van der Waals surface area contributed by atoms with Gasteiger partial charge >= 0.3 is 12.1 Å². The number of ether oxygens (including phenoxy) is 1. The molecule has 2 amide bonds. The summed E-state index contributed by atoms with van der Waals surface area (Å²) >= 11 is 0. The summed E-state index contributed by atoms with van der Waals surface area (Å²) in [4.78, 5) is 36.8. The minimum Gasteiger partial charge on any atom is -0.480 e. The minimum atomic E-state index is -1.09. The second-order valence-electron chi connectivity index (χ2n) is 8.84. The van der Waals surface area contributed by atoms with Crippen LogP contribution in [0.3, 0.4) is 0 Å². The van der Waals surface area contributed by atoms with Crippen molar-refractivity contribution in [3.05, 3.63) is 59.7 Å². The third-order valence-corrected chi connectivity index (χ3v) is 5.85. The molecule has 0 saturated carbocycles. The van der Waals surface area contributed by atoms with Gasteiger partial charge in [-0.3, -0.25) is 4.79 Å². The van der Waals surface area contributed by atoms with E-state index < -0.39 is 30.1 Å². The van der Waals surface area contributed by atoms with Crippen molar-refractivity contribution in [1.29, 1.82) is 0 Å². The van der Waals surface area contributed by atoms with Crippen LogP contribution in [0, 0.1) is 5.92 Å². The summed E-state index contributed by atoms with van der Waals surface area (Å²) in [6, 6.07) is 14.3. The van der Waals surface area contributed by atoms with Crippen molar-refractivity contribution in [2.75, 3.05) is 6.61 Å². The van der Waals surface area contributed by atoms with Crippen LogP contribution in [0.1, 0.15) is 57.1 Å². The first-order valence-electron chi connectivity index (χ1n) is 11.5. The molecule has 2 unspecified atom stereocenters. The van der Waals surface area contributed by atoms with E-state index in [2.05, 4.69) is 22.8 Å². The van der Waals surface area contributed by atoms with Gasteiger partial charge in [-0.25, -0.2) is 9.59 Å².